The van der Waals surface area contributed by atoms with Crippen LogP contribution in [0, 0.1) is 0 Å². The summed E-state index contributed by atoms with van der Waals surface area (Å²) in [6, 6.07) is 0. The van der Waals surface area contributed by atoms with Crippen molar-refractivity contribution in [2.24, 2.45) is 0 Å². The first-order chi connectivity index (χ1) is 3.27. The standard InChI is InChI=1S/C6H11Cl/c1-3-4-5-6(2)7/h4-6H,3H2,1-2H3/i2+1. The van der Waals surface area contributed by atoms with Crippen LogP contribution in [0.5, 0.6) is 0 Å². The number of alkyl halides is 1. The summed E-state index contributed by atoms with van der Waals surface area (Å²) in [6.45, 7) is 4.05. The lowest BCUT2D eigenvalue weighted by Gasteiger charge is -1.86. The molecule has 0 rings (SSSR count). The fourth-order valence-corrected chi connectivity index (χ4v) is 0.426. The fourth-order valence-electron chi connectivity index (χ4n) is 0.324. The molecule has 42 valence electrons. The van der Waals surface area contributed by atoms with Gasteiger partial charge in [-0.05, 0) is 13.3 Å². The lowest BCUT2D eigenvalue weighted by Crippen LogP contribution is -1.78. The van der Waals surface area contributed by atoms with E-state index in [0.29, 0.717) is 0 Å². The molecule has 0 amide bonds. The molecule has 0 aromatic rings. The Morgan fingerprint density at radius 2 is 2.29 bits per heavy atom. The third-order valence-electron chi connectivity index (χ3n) is 0.637. The van der Waals surface area contributed by atoms with Gasteiger partial charge in [-0.2, -0.15) is 0 Å². The van der Waals surface area contributed by atoms with Gasteiger partial charge in [0.05, 0.1) is 0 Å². The van der Waals surface area contributed by atoms with Gasteiger partial charge in [0.25, 0.3) is 0 Å². The molecule has 0 aromatic heterocycles. The van der Waals surface area contributed by atoms with Crippen molar-refractivity contribution >= 4 is 11.6 Å². The van der Waals surface area contributed by atoms with Crippen molar-refractivity contribution < 1.29 is 0 Å². The summed E-state index contributed by atoms with van der Waals surface area (Å²) in [5.74, 6) is 0. The number of hydrogen-bond donors (Lipinski definition) is 0. The van der Waals surface area contributed by atoms with E-state index < -0.39 is 0 Å². The Kier molecular flexibility index (Phi) is 4.21. The summed E-state index contributed by atoms with van der Waals surface area (Å²) in [4.78, 5) is 0. The van der Waals surface area contributed by atoms with Crippen LogP contribution >= 0.6 is 11.6 Å². The van der Waals surface area contributed by atoms with Gasteiger partial charge < -0.3 is 0 Å². The zero-order valence-corrected chi connectivity index (χ0v) is 5.57. The summed E-state index contributed by atoms with van der Waals surface area (Å²) < 4.78 is 0. The normalized spacial score (nSPS) is 15.3. The minimum atomic E-state index is 0.194. The van der Waals surface area contributed by atoms with Gasteiger partial charge in [0, 0.05) is 5.38 Å². The summed E-state index contributed by atoms with van der Waals surface area (Å²) in [6.07, 6.45) is 5.14. The zero-order valence-electron chi connectivity index (χ0n) is 4.82. The van der Waals surface area contributed by atoms with Crippen LogP contribution in [0.15, 0.2) is 12.2 Å². The van der Waals surface area contributed by atoms with E-state index in [-0.39, 0.29) is 5.38 Å². The third kappa shape index (κ3) is 6.03. The molecule has 0 N–H and O–H groups in total. The highest BCUT2D eigenvalue weighted by molar-refractivity contribution is 6.21. The first-order valence-corrected chi connectivity index (χ1v) is 3.01. The number of halogens is 1. The smallest absolute Gasteiger partial charge is 0.0487 e. The maximum Gasteiger partial charge on any atom is 0.0487 e. The van der Waals surface area contributed by atoms with E-state index in [0.717, 1.165) is 6.42 Å². The Morgan fingerprint density at radius 1 is 1.71 bits per heavy atom. The maximum absolute atomic E-state index is 5.57. The number of rotatable bonds is 2. The Hall–Kier alpha value is 0.0300. The first kappa shape index (κ1) is 7.03. The van der Waals surface area contributed by atoms with Gasteiger partial charge in [-0.25, -0.2) is 0 Å². The second kappa shape index (κ2) is 4.20. The van der Waals surface area contributed by atoms with Crippen molar-refractivity contribution in [2.75, 3.05) is 0 Å². The van der Waals surface area contributed by atoms with Crippen LogP contribution in [0.3, 0.4) is 0 Å². The Bertz CT molecular complexity index is 55.2. The highest BCUT2D eigenvalue weighted by Gasteiger charge is 1.81. The average Bonchev–Trinajstić information content (AvgIpc) is 1.61. The maximum atomic E-state index is 5.57. The molecule has 7 heavy (non-hydrogen) atoms. The van der Waals surface area contributed by atoms with E-state index in [1.165, 1.54) is 0 Å². The van der Waals surface area contributed by atoms with E-state index in [4.69, 9.17) is 11.6 Å². The predicted octanol–water partition coefficient (Wildman–Crippen LogP) is 2.58. The van der Waals surface area contributed by atoms with E-state index in [2.05, 4.69) is 13.0 Å². The largest absolute Gasteiger partial charge is 0.119 e. The molecule has 0 nitrogen and oxygen atoms in total. The molecule has 0 aliphatic rings. The van der Waals surface area contributed by atoms with Gasteiger partial charge in [0.15, 0.2) is 0 Å². The van der Waals surface area contributed by atoms with E-state index >= 15 is 0 Å². The first-order valence-electron chi connectivity index (χ1n) is 2.58. The van der Waals surface area contributed by atoms with Gasteiger partial charge >= 0.3 is 0 Å². The van der Waals surface area contributed by atoms with Crippen LogP contribution in [0.4, 0.5) is 0 Å². The molecular weight excluding hydrogens is 109 g/mol. The fraction of sp³-hybridized carbons (Fsp3) is 0.667. The SMILES string of the molecule is CCC=CC([13CH3])Cl. The molecule has 0 radical (unpaired) electrons. The molecule has 0 aliphatic carbocycles. The molecule has 0 aliphatic heterocycles. The monoisotopic (exact) mass is 119 g/mol. The highest BCUT2D eigenvalue weighted by atomic mass is 35.5. The molecule has 0 aromatic carbocycles. The minimum absolute atomic E-state index is 0.194. The topological polar surface area (TPSA) is 0 Å². The summed E-state index contributed by atoms with van der Waals surface area (Å²) in [5, 5.41) is 0.194. The molecule has 0 spiro atoms. The molecule has 0 saturated carbocycles. The third-order valence-corrected chi connectivity index (χ3v) is 0.782. The van der Waals surface area contributed by atoms with Crippen LogP contribution in [0.1, 0.15) is 20.3 Å². The summed E-state index contributed by atoms with van der Waals surface area (Å²) in [7, 11) is 0. The molecule has 0 bridgehead atoms. The highest BCUT2D eigenvalue weighted by Crippen LogP contribution is 1.94. The minimum Gasteiger partial charge on any atom is -0.119 e. The van der Waals surface area contributed by atoms with Crippen molar-refractivity contribution in [3.8, 4) is 0 Å². The molecular formula is C6H11Cl. The Morgan fingerprint density at radius 3 is 2.43 bits per heavy atom. The van der Waals surface area contributed by atoms with Gasteiger partial charge in [0.2, 0.25) is 0 Å². The number of allylic oxidation sites excluding steroid dienone is 2. The van der Waals surface area contributed by atoms with Gasteiger partial charge in [0.1, 0.15) is 0 Å². The molecule has 0 fully saturated rings. The van der Waals surface area contributed by atoms with Crippen LogP contribution < -0.4 is 0 Å². The van der Waals surface area contributed by atoms with Crippen LogP contribution in [-0.2, 0) is 0 Å². The van der Waals surface area contributed by atoms with Crippen LogP contribution in [-0.4, -0.2) is 5.38 Å². The molecule has 1 atom stereocenters. The Balaban J connectivity index is 3.08. The van der Waals surface area contributed by atoms with Gasteiger partial charge in [-0.1, -0.05) is 19.1 Å². The zero-order chi connectivity index (χ0) is 5.70. The van der Waals surface area contributed by atoms with Crippen LogP contribution in [0.2, 0.25) is 0 Å². The van der Waals surface area contributed by atoms with Gasteiger partial charge in [-0.3, -0.25) is 0 Å². The van der Waals surface area contributed by atoms with Crippen molar-refractivity contribution in [2.45, 2.75) is 25.6 Å². The van der Waals surface area contributed by atoms with E-state index in [1.807, 2.05) is 13.0 Å². The van der Waals surface area contributed by atoms with Crippen molar-refractivity contribution in [1.82, 2.24) is 0 Å². The molecule has 0 heterocycles. The quantitative estimate of drug-likeness (QED) is 0.298. The lowest BCUT2D eigenvalue weighted by atomic mass is 10.4. The van der Waals surface area contributed by atoms with Crippen molar-refractivity contribution in [3.63, 3.8) is 0 Å². The molecule has 0 saturated heterocycles. The number of hydrogen-bond acceptors (Lipinski definition) is 0. The lowest BCUT2D eigenvalue weighted by molar-refractivity contribution is 1.16. The van der Waals surface area contributed by atoms with Crippen molar-refractivity contribution in [3.05, 3.63) is 12.2 Å². The molecule has 1 unspecified atom stereocenters. The summed E-state index contributed by atoms with van der Waals surface area (Å²) in [5.41, 5.74) is 0. The average molecular weight is 120 g/mol. The second-order valence-electron chi connectivity index (χ2n) is 1.51. The van der Waals surface area contributed by atoms with E-state index in [9.17, 15) is 0 Å². The second-order valence-corrected chi connectivity index (χ2v) is 2.20. The van der Waals surface area contributed by atoms with E-state index in [1.54, 1.807) is 0 Å². The Labute approximate surface area is 50.2 Å². The summed E-state index contributed by atoms with van der Waals surface area (Å²) >= 11 is 5.57. The van der Waals surface area contributed by atoms with Gasteiger partial charge in [-0.15, -0.1) is 11.6 Å². The predicted molar refractivity (Wildman–Crippen MR) is 34.7 cm³/mol. The molecule has 1 heteroatoms. The van der Waals surface area contributed by atoms with Crippen molar-refractivity contribution in [1.29, 1.82) is 0 Å². The van der Waals surface area contributed by atoms with Crippen LogP contribution in [0.25, 0.3) is 0 Å².